The molecule has 1 saturated heterocycles. The predicted octanol–water partition coefficient (Wildman–Crippen LogP) is -0.893. The zero-order valence-corrected chi connectivity index (χ0v) is 26.9. The smallest absolute Gasteiger partial charge is 0.303 e. The zero-order chi connectivity index (χ0) is 33.7. The van der Waals surface area contributed by atoms with Gasteiger partial charge in [-0.05, 0) is 0 Å². The van der Waals surface area contributed by atoms with Crippen LogP contribution in [0.15, 0.2) is 18.7 Å². The van der Waals surface area contributed by atoms with Crippen LogP contribution in [0.5, 0.6) is 0 Å². The van der Waals surface area contributed by atoms with E-state index in [4.69, 9.17) is 52.5 Å². The van der Waals surface area contributed by atoms with Crippen LogP contribution in [-0.4, -0.2) is 137 Å². The first kappa shape index (κ1) is 39.0. The van der Waals surface area contributed by atoms with Gasteiger partial charge in [-0.15, -0.1) is 0 Å². The van der Waals surface area contributed by atoms with Crippen molar-refractivity contribution in [2.24, 2.45) is 0 Å². The number of aromatic nitrogens is 2. The van der Waals surface area contributed by atoms with Crippen molar-refractivity contribution in [1.29, 1.82) is 0 Å². The Hall–Kier alpha value is -3.19. The Morgan fingerprint density at radius 1 is 0.674 bits per heavy atom. The van der Waals surface area contributed by atoms with Crippen molar-refractivity contribution in [3.05, 3.63) is 18.7 Å². The first-order valence-corrected chi connectivity index (χ1v) is 15.0. The van der Waals surface area contributed by atoms with Crippen LogP contribution in [0.2, 0.25) is 0 Å². The topological polar surface area (TPSA) is 190 Å². The molecule has 0 unspecified atom stereocenters. The van der Waals surface area contributed by atoms with Gasteiger partial charge in [0.25, 0.3) is 0 Å². The van der Waals surface area contributed by atoms with Crippen molar-refractivity contribution in [3.8, 4) is 0 Å². The molecule has 0 spiro atoms. The molecular weight excluding hydrogens is 616 g/mol. The monoisotopic (exact) mass is 663 g/mol. The van der Waals surface area contributed by atoms with Gasteiger partial charge in [0, 0.05) is 27.7 Å². The molecule has 1 fully saturated rings. The summed E-state index contributed by atoms with van der Waals surface area (Å²) in [5, 5.41) is 8.61. The first-order chi connectivity index (χ1) is 22.1. The number of nitrogens with zero attached hydrogens (tertiary/aromatic N) is 2. The molecule has 2 heterocycles. The highest BCUT2D eigenvalue weighted by Gasteiger charge is 2.54. The van der Waals surface area contributed by atoms with Crippen molar-refractivity contribution in [1.82, 2.24) is 4.57 Å². The van der Waals surface area contributed by atoms with E-state index in [2.05, 4.69) is 0 Å². The summed E-state index contributed by atoms with van der Waals surface area (Å²) in [7, 11) is 0. The molecule has 0 aromatic carbocycles. The maximum absolute atomic E-state index is 12.1. The lowest BCUT2D eigenvalue weighted by Gasteiger charge is -2.42. The van der Waals surface area contributed by atoms with E-state index in [0.29, 0.717) is 72.6 Å². The van der Waals surface area contributed by atoms with Crippen LogP contribution >= 0.6 is 0 Å². The third kappa shape index (κ3) is 15.4. The second-order valence-corrected chi connectivity index (χ2v) is 9.97. The van der Waals surface area contributed by atoms with Crippen LogP contribution in [0.4, 0.5) is 0 Å². The average Bonchev–Trinajstić information content (AvgIpc) is 3.46. The number of aliphatic hydroxyl groups is 1. The van der Waals surface area contributed by atoms with Crippen molar-refractivity contribution < 1.29 is 76.2 Å². The van der Waals surface area contributed by atoms with Gasteiger partial charge in [-0.3, -0.25) is 19.2 Å². The minimum Gasteiger partial charge on any atom is -0.463 e. The molecule has 1 aliphatic heterocycles. The number of ether oxygens (including phenoxy) is 10. The van der Waals surface area contributed by atoms with E-state index >= 15 is 0 Å². The number of hydrogen-bond donors (Lipinski definition) is 1. The SMILES string of the molecule is CC(=O)OC[C@H]1O[C@@H](n2cc[n+](CCOCCOCCOCCOCCOCCO)c2)[C@H](OC(C)=O)[C@@H](OC(C)=O)[C@@H]1OC(C)=O. The lowest BCUT2D eigenvalue weighted by Crippen LogP contribution is -2.60. The van der Waals surface area contributed by atoms with Crippen molar-refractivity contribution in [3.63, 3.8) is 0 Å². The van der Waals surface area contributed by atoms with Gasteiger partial charge in [0.05, 0.1) is 72.7 Å². The molecule has 1 aromatic heterocycles. The van der Waals surface area contributed by atoms with Gasteiger partial charge in [0.2, 0.25) is 18.7 Å². The van der Waals surface area contributed by atoms with Crippen LogP contribution in [0.25, 0.3) is 0 Å². The average molecular weight is 664 g/mol. The van der Waals surface area contributed by atoms with E-state index in [1.807, 2.05) is 4.57 Å². The number of carbonyl (C=O) groups is 4. The normalized spacial score (nSPS) is 21.0. The van der Waals surface area contributed by atoms with Gasteiger partial charge in [-0.25, -0.2) is 9.13 Å². The summed E-state index contributed by atoms with van der Waals surface area (Å²) < 4.78 is 58.1. The molecule has 0 bridgehead atoms. The Kier molecular flexibility index (Phi) is 18.9. The summed E-state index contributed by atoms with van der Waals surface area (Å²) >= 11 is 0. The van der Waals surface area contributed by atoms with Gasteiger partial charge in [0.15, 0.2) is 12.2 Å². The van der Waals surface area contributed by atoms with Gasteiger partial charge in [0.1, 0.15) is 31.6 Å². The van der Waals surface area contributed by atoms with Gasteiger partial charge < -0.3 is 52.5 Å². The second-order valence-electron chi connectivity index (χ2n) is 9.97. The van der Waals surface area contributed by atoms with Gasteiger partial charge in [-0.1, -0.05) is 0 Å². The van der Waals surface area contributed by atoms with Crippen LogP contribution in [0.3, 0.4) is 0 Å². The van der Waals surface area contributed by atoms with Crippen LogP contribution in [0.1, 0.15) is 33.9 Å². The Bertz CT molecular complexity index is 1050. The van der Waals surface area contributed by atoms with Crippen LogP contribution < -0.4 is 4.57 Å². The molecule has 0 saturated carbocycles. The van der Waals surface area contributed by atoms with Crippen LogP contribution in [-0.2, 0) is 73.1 Å². The maximum Gasteiger partial charge on any atom is 0.303 e. The van der Waals surface area contributed by atoms with E-state index in [0.717, 1.165) is 6.92 Å². The molecule has 46 heavy (non-hydrogen) atoms. The van der Waals surface area contributed by atoms with Crippen LogP contribution in [0, 0.1) is 0 Å². The third-order valence-electron chi connectivity index (χ3n) is 6.19. The molecular formula is C29H47N2O15+. The number of esters is 4. The number of aliphatic hydroxyl groups excluding tert-OH is 1. The fraction of sp³-hybridized carbons (Fsp3) is 0.759. The van der Waals surface area contributed by atoms with Crippen molar-refractivity contribution in [2.75, 3.05) is 79.3 Å². The third-order valence-corrected chi connectivity index (χ3v) is 6.19. The molecule has 1 aromatic rings. The quantitative estimate of drug-likeness (QED) is 0.0656. The van der Waals surface area contributed by atoms with E-state index in [-0.39, 0.29) is 13.2 Å². The lowest BCUT2D eigenvalue weighted by molar-refractivity contribution is -0.698. The number of carbonyl (C=O) groups excluding carboxylic acids is 4. The summed E-state index contributed by atoms with van der Waals surface area (Å²) in [6.07, 6.45) is -0.672. The van der Waals surface area contributed by atoms with Gasteiger partial charge in [-0.2, -0.15) is 0 Å². The Labute approximate surface area is 267 Å². The second kappa shape index (κ2) is 22.4. The number of hydrogen-bond acceptors (Lipinski definition) is 15. The number of rotatable bonds is 23. The summed E-state index contributed by atoms with van der Waals surface area (Å²) in [5.41, 5.74) is 0. The fourth-order valence-electron chi connectivity index (χ4n) is 4.36. The molecule has 0 radical (unpaired) electrons. The van der Waals surface area contributed by atoms with E-state index in [1.165, 1.54) is 20.8 Å². The summed E-state index contributed by atoms with van der Waals surface area (Å²) in [6.45, 7) is 8.89. The zero-order valence-electron chi connectivity index (χ0n) is 26.9. The highest BCUT2D eigenvalue weighted by atomic mass is 16.7. The number of imidazole rings is 1. The maximum atomic E-state index is 12.1. The molecule has 1 aliphatic rings. The summed E-state index contributed by atoms with van der Waals surface area (Å²) in [5.74, 6) is -2.67. The minimum atomic E-state index is -1.26. The highest BCUT2D eigenvalue weighted by Crippen LogP contribution is 2.34. The standard InChI is InChI=1S/C29H47N2O15/c1-21(33)42-19-25-26(43-22(2)34)27(44-23(3)35)28(45-24(4)36)29(46-25)31-6-5-30(20-31)7-9-37-11-13-39-15-17-41-18-16-40-14-12-38-10-8-32/h5-6,20,25-29,32H,7-19H2,1-4H3/q+1/t25-,26-,27+,28-,29-/m1/s1. The molecule has 17 heteroatoms. The molecule has 17 nitrogen and oxygen atoms in total. The molecule has 262 valence electrons. The molecule has 0 aliphatic carbocycles. The fourth-order valence-corrected chi connectivity index (χ4v) is 4.36. The largest absolute Gasteiger partial charge is 0.463 e. The lowest BCUT2D eigenvalue weighted by atomic mass is 9.97. The Morgan fingerprint density at radius 2 is 1.15 bits per heavy atom. The van der Waals surface area contributed by atoms with Gasteiger partial charge >= 0.3 is 23.9 Å². The van der Waals surface area contributed by atoms with Crippen molar-refractivity contribution in [2.45, 2.75) is 64.9 Å². The van der Waals surface area contributed by atoms with E-state index < -0.39 is 54.5 Å². The predicted molar refractivity (Wildman–Crippen MR) is 153 cm³/mol. The minimum absolute atomic E-state index is 0.00919. The molecule has 5 atom stereocenters. The highest BCUT2D eigenvalue weighted by molar-refractivity contribution is 5.68. The van der Waals surface area contributed by atoms with E-state index in [9.17, 15) is 19.2 Å². The molecule has 1 N–H and O–H groups in total. The van der Waals surface area contributed by atoms with Crippen molar-refractivity contribution >= 4 is 23.9 Å². The molecule has 2 rings (SSSR count). The summed E-state index contributed by atoms with van der Waals surface area (Å²) in [4.78, 5) is 47.6. The van der Waals surface area contributed by atoms with E-state index in [1.54, 1.807) is 23.3 Å². The Morgan fingerprint density at radius 3 is 1.65 bits per heavy atom. The molecule has 0 amide bonds. The summed E-state index contributed by atoms with van der Waals surface area (Å²) in [6, 6.07) is 0. The Balaban J connectivity index is 1.85. The first-order valence-electron chi connectivity index (χ1n) is 15.0.